The maximum Gasteiger partial charge on any atom is -0.00419 e. The van der Waals surface area contributed by atoms with E-state index in [1.54, 1.807) is 0 Å². The van der Waals surface area contributed by atoms with Gasteiger partial charge in [-0.1, -0.05) is 67.5 Å². The van der Waals surface area contributed by atoms with Crippen molar-refractivity contribution in [1.82, 2.24) is 0 Å². The van der Waals surface area contributed by atoms with Gasteiger partial charge < -0.3 is 0 Å². The average Bonchev–Trinajstić information content (AvgIpc) is 2.25. The van der Waals surface area contributed by atoms with Crippen LogP contribution in [0.3, 0.4) is 0 Å². The molecule has 0 aromatic heterocycles. The molecule has 0 unspecified atom stereocenters. The summed E-state index contributed by atoms with van der Waals surface area (Å²) in [5, 5.41) is 0. The molecule has 0 radical (unpaired) electrons. The summed E-state index contributed by atoms with van der Waals surface area (Å²) in [6.07, 6.45) is 2.50. The minimum absolute atomic E-state index is 0.310. The lowest BCUT2D eigenvalue weighted by Crippen LogP contribution is -2.37. The number of benzene rings is 1. The molecule has 0 saturated carbocycles. The fourth-order valence-corrected chi connectivity index (χ4v) is 6.68. The van der Waals surface area contributed by atoms with Crippen molar-refractivity contribution in [2.75, 3.05) is 6.26 Å². The van der Waals surface area contributed by atoms with E-state index in [1.807, 2.05) is 0 Å². The topological polar surface area (TPSA) is 0 Å². The Kier molecular flexibility index (Phi) is 4.52. The molecule has 0 aliphatic carbocycles. The predicted molar refractivity (Wildman–Crippen MR) is 91.8 cm³/mol. The highest BCUT2D eigenvalue weighted by atomic mass is 32.3. The Morgan fingerprint density at radius 2 is 1.16 bits per heavy atom. The molecule has 110 valence electrons. The second kappa shape index (κ2) is 5.16. The van der Waals surface area contributed by atoms with E-state index in [0.29, 0.717) is 15.4 Å². The van der Waals surface area contributed by atoms with Crippen LogP contribution in [0.25, 0.3) is 0 Å². The SMILES string of the molecule is CC(C)c1ccc(S(C)(C(C)(C)C)C(C)(C)C)cc1. The van der Waals surface area contributed by atoms with Crippen LogP contribution in [0.5, 0.6) is 0 Å². The number of rotatable bonds is 2. The third-order valence-corrected chi connectivity index (χ3v) is 10.6. The maximum absolute atomic E-state index is 2.50. The maximum atomic E-state index is 2.50. The van der Waals surface area contributed by atoms with Gasteiger partial charge in [-0.25, -0.2) is 10.0 Å². The van der Waals surface area contributed by atoms with Crippen LogP contribution in [0, 0.1) is 0 Å². The fourth-order valence-electron chi connectivity index (χ4n) is 2.75. The van der Waals surface area contributed by atoms with Crippen molar-refractivity contribution in [1.29, 1.82) is 0 Å². The summed E-state index contributed by atoms with van der Waals surface area (Å²) in [6.45, 7) is 18.9. The Bertz CT molecular complexity index is 398. The molecule has 0 saturated heterocycles. The minimum Gasteiger partial charge on any atom is -0.208 e. The molecule has 1 aromatic carbocycles. The molecule has 0 nitrogen and oxygen atoms in total. The van der Waals surface area contributed by atoms with E-state index in [4.69, 9.17) is 0 Å². The largest absolute Gasteiger partial charge is 0.208 e. The number of hydrogen-bond donors (Lipinski definition) is 0. The minimum atomic E-state index is -0.893. The van der Waals surface area contributed by atoms with Crippen LogP contribution in [0.1, 0.15) is 66.9 Å². The second-order valence-corrected chi connectivity index (χ2v) is 12.6. The Morgan fingerprint density at radius 3 is 1.42 bits per heavy atom. The first-order chi connectivity index (χ1) is 8.41. The van der Waals surface area contributed by atoms with Gasteiger partial charge in [0, 0.05) is 0 Å². The van der Waals surface area contributed by atoms with E-state index in [1.165, 1.54) is 10.5 Å². The lowest BCUT2D eigenvalue weighted by molar-refractivity contribution is 0.709. The van der Waals surface area contributed by atoms with Crippen molar-refractivity contribution >= 4 is 10.0 Å². The van der Waals surface area contributed by atoms with Crippen molar-refractivity contribution in [3.63, 3.8) is 0 Å². The monoisotopic (exact) mass is 280 g/mol. The summed E-state index contributed by atoms with van der Waals surface area (Å²) in [5.41, 5.74) is 1.44. The molecule has 0 aliphatic heterocycles. The van der Waals surface area contributed by atoms with Crippen molar-refractivity contribution < 1.29 is 0 Å². The van der Waals surface area contributed by atoms with E-state index in [2.05, 4.69) is 85.9 Å². The quantitative estimate of drug-likeness (QED) is 0.605. The third kappa shape index (κ3) is 3.02. The van der Waals surface area contributed by atoms with Crippen LogP contribution >= 0.6 is 10.0 Å². The van der Waals surface area contributed by atoms with Gasteiger partial charge in [0.05, 0.1) is 0 Å². The van der Waals surface area contributed by atoms with Crippen molar-refractivity contribution in [3.05, 3.63) is 29.8 Å². The molecule has 0 heterocycles. The second-order valence-electron chi connectivity index (χ2n) is 7.87. The molecular weight excluding hydrogens is 248 g/mol. The highest BCUT2D eigenvalue weighted by molar-refractivity contribution is 8.35. The van der Waals surface area contributed by atoms with Gasteiger partial charge in [-0.05, 0) is 44.3 Å². The molecular formula is C18H32S. The van der Waals surface area contributed by atoms with Crippen molar-refractivity contribution in [3.8, 4) is 0 Å². The summed E-state index contributed by atoms with van der Waals surface area (Å²) in [6, 6.07) is 9.40. The molecule has 0 fully saturated rings. The van der Waals surface area contributed by atoms with Gasteiger partial charge in [-0.15, -0.1) is 0 Å². The zero-order chi connectivity index (χ0) is 15.1. The average molecular weight is 281 g/mol. The van der Waals surface area contributed by atoms with Gasteiger partial charge >= 0.3 is 0 Å². The zero-order valence-electron chi connectivity index (χ0n) is 14.3. The smallest absolute Gasteiger partial charge is 0.00419 e. The van der Waals surface area contributed by atoms with Crippen LogP contribution in [-0.2, 0) is 0 Å². The van der Waals surface area contributed by atoms with Crippen LogP contribution < -0.4 is 0 Å². The third-order valence-electron chi connectivity index (χ3n) is 4.47. The molecule has 0 atom stereocenters. The Hall–Kier alpha value is -0.430. The first kappa shape index (κ1) is 16.6. The molecule has 0 bridgehead atoms. The molecule has 19 heavy (non-hydrogen) atoms. The zero-order valence-corrected chi connectivity index (χ0v) is 15.1. The van der Waals surface area contributed by atoms with Gasteiger partial charge in [0.2, 0.25) is 0 Å². The molecule has 1 aromatic rings. The summed E-state index contributed by atoms with van der Waals surface area (Å²) in [4.78, 5) is 1.54. The Labute approximate surface area is 122 Å². The van der Waals surface area contributed by atoms with E-state index in [0.717, 1.165) is 0 Å². The first-order valence-electron chi connectivity index (χ1n) is 7.29. The lowest BCUT2D eigenvalue weighted by Gasteiger charge is -2.57. The van der Waals surface area contributed by atoms with E-state index < -0.39 is 10.0 Å². The van der Waals surface area contributed by atoms with Crippen molar-refractivity contribution in [2.45, 2.75) is 75.7 Å². The summed E-state index contributed by atoms with van der Waals surface area (Å²) < 4.78 is 0.620. The molecule has 0 aliphatic rings. The standard InChI is InChI=1S/C18H32S/c1-14(2)15-10-12-16(13-11-15)19(9,17(3,4)5)18(6,7)8/h10-14H,1-9H3. The first-order valence-corrected chi connectivity index (χ1v) is 9.33. The highest BCUT2D eigenvalue weighted by Gasteiger charge is 2.43. The van der Waals surface area contributed by atoms with E-state index >= 15 is 0 Å². The Balaban J connectivity index is 3.36. The molecule has 0 N–H and O–H groups in total. The van der Waals surface area contributed by atoms with E-state index in [9.17, 15) is 0 Å². The highest BCUT2D eigenvalue weighted by Crippen LogP contribution is 2.70. The summed E-state index contributed by atoms with van der Waals surface area (Å²) >= 11 is 0. The molecule has 0 amide bonds. The number of hydrogen-bond acceptors (Lipinski definition) is 0. The Morgan fingerprint density at radius 1 is 0.789 bits per heavy atom. The molecule has 0 spiro atoms. The van der Waals surface area contributed by atoms with E-state index in [-0.39, 0.29) is 0 Å². The van der Waals surface area contributed by atoms with Crippen LogP contribution in [-0.4, -0.2) is 15.7 Å². The lowest BCUT2D eigenvalue weighted by atomic mass is 10.0. The van der Waals surface area contributed by atoms with Gasteiger partial charge in [-0.2, -0.15) is 0 Å². The normalized spacial score (nSPS) is 14.8. The van der Waals surface area contributed by atoms with Crippen LogP contribution in [0.15, 0.2) is 29.2 Å². The van der Waals surface area contributed by atoms with Crippen molar-refractivity contribution in [2.24, 2.45) is 0 Å². The van der Waals surface area contributed by atoms with Crippen LogP contribution in [0.4, 0.5) is 0 Å². The molecule has 1 heteroatoms. The van der Waals surface area contributed by atoms with Crippen LogP contribution in [0.2, 0.25) is 0 Å². The fraction of sp³-hybridized carbons (Fsp3) is 0.667. The van der Waals surface area contributed by atoms with Gasteiger partial charge in [-0.3, -0.25) is 0 Å². The van der Waals surface area contributed by atoms with Gasteiger partial charge in [0.15, 0.2) is 0 Å². The van der Waals surface area contributed by atoms with Gasteiger partial charge in [0.1, 0.15) is 0 Å². The van der Waals surface area contributed by atoms with Gasteiger partial charge in [0.25, 0.3) is 0 Å². The summed E-state index contributed by atoms with van der Waals surface area (Å²) in [7, 11) is -0.893. The summed E-state index contributed by atoms with van der Waals surface area (Å²) in [5.74, 6) is 0.611. The molecule has 1 rings (SSSR count). The predicted octanol–water partition coefficient (Wildman–Crippen LogP) is 6.20.